The van der Waals surface area contributed by atoms with Gasteiger partial charge in [0.1, 0.15) is 6.54 Å². The smallest absolute Gasteiger partial charge is 0.242 e. The number of carbonyl (C=O) groups excluding carboxylic acids is 1. The van der Waals surface area contributed by atoms with Gasteiger partial charge in [0.25, 0.3) is 0 Å². The minimum Gasteiger partial charge on any atom is -0.347 e. The number of benzene rings is 1. The van der Waals surface area contributed by atoms with Gasteiger partial charge in [0.15, 0.2) is 0 Å². The molecule has 4 nitrogen and oxygen atoms in total. The first-order chi connectivity index (χ1) is 8.80. The molecule has 0 aliphatic heterocycles. The third kappa shape index (κ3) is 2.62. The average molecular weight is 259 g/mol. The average Bonchev–Trinajstić information content (AvgIpc) is 2.71. The Bertz CT molecular complexity index is 605. The molecule has 0 atom stereocenters. The van der Waals surface area contributed by atoms with Gasteiger partial charge < -0.3 is 9.47 Å². The first kappa shape index (κ1) is 13.6. The van der Waals surface area contributed by atoms with Crippen molar-refractivity contribution in [3.8, 4) is 0 Å². The van der Waals surface area contributed by atoms with E-state index in [2.05, 4.69) is 31.8 Å². The predicted octanol–water partition coefficient (Wildman–Crippen LogP) is 2.42. The number of fused-ring (bicyclic) bond motifs is 1. The van der Waals surface area contributed by atoms with E-state index in [-0.39, 0.29) is 11.3 Å². The molecule has 19 heavy (non-hydrogen) atoms. The van der Waals surface area contributed by atoms with Crippen molar-refractivity contribution in [2.45, 2.75) is 32.7 Å². The maximum absolute atomic E-state index is 11.8. The summed E-state index contributed by atoms with van der Waals surface area (Å²) >= 11 is 0. The van der Waals surface area contributed by atoms with E-state index >= 15 is 0 Å². The number of amides is 1. The largest absolute Gasteiger partial charge is 0.347 e. The zero-order valence-corrected chi connectivity index (χ0v) is 12.3. The Hall–Kier alpha value is -1.84. The third-order valence-corrected chi connectivity index (χ3v) is 3.26. The highest BCUT2D eigenvalue weighted by molar-refractivity contribution is 5.83. The van der Waals surface area contributed by atoms with Crippen molar-refractivity contribution in [2.24, 2.45) is 0 Å². The van der Waals surface area contributed by atoms with E-state index in [4.69, 9.17) is 0 Å². The third-order valence-electron chi connectivity index (χ3n) is 3.26. The zero-order valence-electron chi connectivity index (χ0n) is 12.3. The maximum Gasteiger partial charge on any atom is 0.242 e. The number of imidazole rings is 1. The number of aromatic nitrogens is 2. The van der Waals surface area contributed by atoms with Crippen LogP contribution in [0.25, 0.3) is 11.0 Å². The predicted molar refractivity (Wildman–Crippen MR) is 77.1 cm³/mol. The van der Waals surface area contributed by atoms with Gasteiger partial charge in [0.05, 0.1) is 17.4 Å². The summed E-state index contributed by atoms with van der Waals surface area (Å²) in [5.74, 6) is 0.0699. The molecule has 0 aliphatic rings. The second-order valence-corrected chi connectivity index (χ2v) is 6.08. The van der Waals surface area contributed by atoms with Crippen LogP contribution in [0.3, 0.4) is 0 Å². The van der Waals surface area contributed by atoms with Crippen LogP contribution in [0, 0.1) is 0 Å². The van der Waals surface area contributed by atoms with Crippen LogP contribution < -0.4 is 0 Å². The quantitative estimate of drug-likeness (QED) is 0.830. The highest BCUT2D eigenvalue weighted by Gasteiger charge is 2.19. The molecule has 0 bridgehead atoms. The fraction of sp³-hybridized carbons (Fsp3) is 0.467. The molecule has 0 saturated heterocycles. The number of para-hydroxylation sites is 1. The Labute approximate surface area is 114 Å². The van der Waals surface area contributed by atoms with Crippen LogP contribution in [-0.4, -0.2) is 34.5 Å². The van der Waals surface area contributed by atoms with Gasteiger partial charge in [-0.25, -0.2) is 4.98 Å². The summed E-state index contributed by atoms with van der Waals surface area (Å²) in [4.78, 5) is 17.9. The first-order valence-corrected chi connectivity index (χ1v) is 6.45. The molecular weight excluding hydrogens is 238 g/mol. The lowest BCUT2D eigenvalue weighted by atomic mass is 9.86. The van der Waals surface area contributed by atoms with Crippen molar-refractivity contribution in [1.82, 2.24) is 14.5 Å². The van der Waals surface area contributed by atoms with Crippen molar-refractivity contribution in [3.63, 3.8) is 0 Å². The second-order valence-electron chi connectivity index (χ2n) is 6.08. The Kier molecular flexibility index (Phi) is 3.35. The molecule has 4 heteroatoms. The van der Waals surface area contributed by atoms with Gasteiger partial charge in [-0.3, -0.25) is 4.79 Å². The van der Waals surface area contributed by atoms with Gasteiger partial charge in [0, 0.05) is 14.1 Å². The SMILES string of the molecule is CN(C)C(=O)Cn1cnc2c(C(C)(C)C)cccc21. The van der Waals surface area contributed by atoms with Crippen LogP contribution in [0.1, 0.15) is 26.3 Å². The Morgan fingerprint density at radius 2 is 2.00 bits per heavy atom. The highest BCUT2D eigenvalue weighted by Crippen LogP contribution is 2.28. The first-order valence-electron chi connectivity index (χ1n) is 6.45. The van der Waals surface area contributed by atoms with E-state index in [1.807, 2.05) is 16.7 Å². The van der Waals surface area contributed by atoms with E-state index in [9.17, 15) is 4.79 Å². The molecule has 102 valence electrons. The summed E-state index contributed by atoms with van der Waals surface area (Å²) in [6, 6.07) is 6.15. The van der Waals surface area contributed by atoms with Crippen molar-refractivity contribution >= 4 is 16.9 Å². The monoisotopic (exact) mass is 259 g/mol. The Balaban J connectivity index is 2.48. The molecule has 0 N–H and O–H groups in total. The van der Waals surface area contributed by atoms with E-state index < -0.39 is 0 Å². The fourth-order valence-corrected chi connectivity index (χ4v) is 2.11. The number of carbonyl (C=O) groups is 1. The summed E-state index contributed by atoms with van der Waals surface area (Å²) in [5.41, 5.74) is 3.26. The standard InChI is InChI=1S/C15H21N3O/c1-15(2,3)11-7-6-8-12-14(11)16-10-18(12)9-13(19)17(4)5/h6-8,10H,9H2,1-5H3. The molecule has 2 aromatic rings. The molecule has 1 amide bonds. The molecule has 1 heterocycles. The molecule has 0 spiro atoms. The minimum absolute atomic E-state index is 0.0459. The van der Waals surface area contributed by atoms with Crippen LogP contribution in [0.2, 0.25) is 0 Å². The molecule has 0 fully saturated rings. The van der Waals surface area contributed by atoms with Gasteiger partial charge in [-0.1, -0.05) is 32.9 Å². The number of hydrogen-bond acceptors (Lipinski definition) is 2. The lowest BCUT2D eigenvalue weighted by Gasteiger charge is -2.19. The Morgan fingerprint density at radius 3 is 2.58 bits per heavy atom. The number of hydrogen-bond donors (Lipinski definition) is 0. The molecule has 0 saturated carbocycles. The summed E-state index contributed by atoms with van der Waals surface area (Å²) in [7, 11) is 3.53. The lowest BCUT2D eigenvalue weighted by Crippen LogP contribution is -2.25. The maximum atomic E-state index is 11.8. The van der Waals surface area contributed by atoms with Crippen LogP contribution in [0.15, 0.2) is 24.5 Å². The highest BCUT2D eigenvalue weighted by atomic mass is 16.2. The Morgan fingerprint density at radius 1 is 1.32 bits per heavy atom. The zero-order chi connectivity index (χ0) is 14.2. The summed E-state index contributed by atoms with van der Waals surface area (Å²) in [6.07, 6.45) is 1.75. The van der Waals surface area contributed by atoms with Crippen LogP contribution in [-0.2, 0) is 16.8 Å². The van der Waals surface area contributed by atoms with Gasteiger partial charge in [-0.2, -0.15) is 0 Å². The van der Waals surface area contributed by atoms with E-state index in [0.717, 1.165) is 11.0 Å². The summed E-state index contributed by atoms with van der Waals surface area (Å²) in [5, 5.41) is 0. The van der Waals surface area contributed by atoms with Gasteiger partial charge in [0.2, 0.25) is 5.91 Å². The van der Waals surface area contributed by atoms with Crippen molar-refractivity contribution in [1.29, 1.82) is 0 Å². The van der Waals surface area contributed by atoms with Crippen molar-refractivity contribution < 1.29 is 4.79 Å². The number of nitrogens with zero attached hydrogens (tertiary/aromatic N) is 3. The molecule has 0 radical (unpaired) electrons. The summed E-state index contributed by atoms with van der Waals surface area (Å²) < 4.78 is 1.91. The molecule has 1 aromatic carbocycles. The van der Waals surface area contributed by atoms with Crippen LogP contribution in [0.4, 0.5) is 0 Å². The van der Waals surface area contributed by atoms with Gasteiger partial charge in [-0.05, 0) is 17.0 Å². The van der Waals surface area contributed by atoms with Crippen molar-refractivity contribution in [2.75, 3.05) is 14.1 Å². The van der Waals surface area contributed by atoms with E-state index in [0.29, 0.717) is 6.54 Å². The van der Waals surface area contributed by atoms with Gasteiger partial charge >= 0.3 is 0 Å². The molecule has 0 aliphatic carbocycles. The normalized spacial score (nSPS) is 11.8. The topological polar surface area (TPSA) is 38.1 Å². The van der Waals surface area contributed by atoms with Crippen LogP contribution >= 0.6 is 0 Å². The lowest BCUT2D eigenvalue weighted by molar-refractivity contribution is -0.129. The van der Waals surface area contributed by atoms with E-state index in [1.54, 1.807) is 25.3 Å². The summed E-state index contributed by atoms with van der Waals surface area (Å²) in [6.45, 7) is 6.85. The molecule has 0 unspecified atom stereocenters. The van der Waals surface area contributed by atoms with Crippen molar-refractivity contribution in [3.05, 3.63) is 30.1 Å². The number of rotatable bonds is 2. The minimum atomic E-state index is 0.0459. The van der Waals surface area contributed by atoms with E-state index in [1.165, 1.54) is 5.56 Å². The second kappa shape index (κ2) is 4.68. The number of likely N-dealkylation sites (N-methyl/N-ethyl adjacent to an activating group) is 1. The molecule has 2 rings (SSSR count). The fourth-order valence-electron chi connectivity index (χ4n) is 2.11. The van der Waals surface area contributed by atoms with Crippen LogP contribution in [0.5, 0.6) is 0 Å². The molecule has 1 aromatic heterocycles. The molecular formula is C15H21N3O. The van der Waals surface area contributed by atoms with Gasteiger partial charge in [-0.15, -0.1) is 0 Å².